The van der Waals surface area contributed by atoms with E-state index in [1.54, 1.807) is 4.90 Å². The van der Waals surface area contributed by atoms with Gasteiger partial charge in [-0.15, -0.1) is 0 Å². The lowest BCUT2D eigenvalue weighted by atomic mass is 9.97. The number of nitrogens with zero attached hydrogens (tertiary/aromatic N) is 3. The molecule has 0 bridgehead atoms. The third-order valence-corrected chi connectivity index (χ3v) is 6.05. The molecular formula is C24H32F2N4O. The van der Waals surface area contributed by atoms with Crippen molar-refractivity contribution < 1.29 is 13.6 Å². The molecule has 0 atom stereocenters. The highest BCUT2D eigenvalue weighted by Gasteiger charge is 2.38. The summed E-state index contributed by atoms with van der Waals surface area (Å²) in [6.07, 6.45) is 2.80. The molecule has 1 saturated carbocycles. The van der Waals surface area contributed by atoms with Crippen molar-refractivity contribution in [1.82, 2.24) is 10.2 Å². The number of rotatable bonds is 7. The summed E-state index contributed by atoms with van der Waals surface area (Å²) in [6.45, 7) is 13.7. The van der Waals surface area contributed by atoms with Crippen LogP contribution in [0, 0.1) is 11.6 Å². The minimum absolute atomic E-state index is 0.0254. The number of halogens is 2. The summed E-state index contributed by atoms with van der Waals surface area (Å²) >= 11 is 0. The van der Waals surface area contributed by atoms with Gasteiger partial charge in [0.2, 0.25) is 0 Å². The highest BCUT2D eigenvalue weighted by atomic mass is 19.1. The molecule has 1 aromatic rings. The molecular weight excluding hydrogens is 398 g/mol. The number of amides is 1. The van der Waals surface area contributed by atoms with E-state index in [2.05, 4.69) is 24.0 Å². The summed E-state index contributed by atoms with van der Waals surface area (Å²) in [4.78, 5) is 21.4. The van der Waals surface area contributed by atoms with E-state index in [9.17, 15) is 13.6 Å². The second kappa shape index (κ2) is 9.20. The number of hydrogen-bond donors (Lipinski definition) is 1. The normalized spacial score (nSPS) is 18.3. The van der Waals surface area contributed by atoms with Gasteiger partial charge in [0, 0.05) is 48.9 Å². The second-order valence-electron chi connectivity index (χ2n) is 8.77. The Morgan fingerprint density at radius 3 is 2.32 bits per heavy atom. The van der Waals surface area contributed by atoms with Crippen molar-refractivity contribution in [2.75, 3.05) is 31.1 Å². The second-order valence-corrected chi connectivity index (χ2v) is 8.77. The van der Waals surface area contributed by atoms with Gasteiger partial charge in [-0.1, -0.05) is 12.5 Å². The molecule has 1 amide bonds. The van der Waals surface area contributed by atoms with E-state index < -0.39 is 11.6 Å². The van der Waals surface area contributed by atoms with Gasteiger partial charge in [0.1, 0.15) is 17.5 Å². The van der Waals surface area contributed by atoms with E-state index in [-0.39, 0.29) is 11.4 Å². The van der Waals surface area contributed by atoms with Crippen LogP contribution in [0.25, 0.3) is 0 Å². The van der Waals surface area contributed by atoms with Crippen LogP contribution in [0.5, 0.6) is 0 Å². The van der Waals surface area contributed by atoms with Gasteiger partial charge in [-0.3, -0.25) is 4.79 Å². The van der Waals surface area contributed by atoms with Gasteiger partial charge >= 0.3 is 0 Å². The van der Waals surface area contributed by atoms with Crippen molar-refractivity contribution in [3.63, 3.8) is 0 Å². The number of piperazine rings is 1. The first-order valence-corrected chi connectivity index (χ1v) is 10.8. The summed E-state index contributed by atoms with van der Waals surface area (Å²) in [5.41, 5.74) is 2.86. The monoisotopic (exact) mass is 430 g/mol. The quantitative estimate of drug-likeness (QED) is 0.396. The molecule has 2 fully saturated rings. The molecule has 2 aliphatic rings. The van der Waals surface area contributed by atoms with Gasteiger partial charge in [0.05, 0.1) is 5.69 Å². The molecule has 1 N–H and O–H groups in total. The number of aliphatic imine (C=N–C) groups is 1. The van der Waals surface area contributed by atoms with Crippen LogP contribution in [0.2, 0.25) is 0 Å². The first-order valence-electron chi connectivity index (χ1n) is 10.8. The van der Waals surface area contributed by atoms with Crippen LogP contribution >= 0.6 is 0 Å². The zero-order valence-corrected chi connectivity index (χ0v) is 18.9. The molecule has 0 spiro atoms. The molecule has 1 aromatic carbocycles. The van der Waals surface area contributed by atoms with Crippen molar-refractivity contribution in [2.45, 2.75) is 52.5 Å². The fraction of sp³-hybridized carbons (Fsp3) is 0.500. The van der Waals surface area contributed by atoms with E-state index in [4.69, 9.17) is 0 Å². The SMILES string of the molecule is C=N/C(NC1(C)CC1)=C(\CC)C(C(=O)N1CCN(c2ccc(F)cc2F)CC1)=C(C)C. The molecule has 0 aromatic heterocycles. The van der Waals surface area contributed by atoms with E-state index in [0.717, 1.165) is 30.1 Å². The van der Waals surface area contributed by atoms with Gasteiger partial charge in [-0.05, 0) is 58.9 Å². The lowest BCUT2D eigenvalue weighted by molar-refractivity contribution is -0.127. The molecule has 0 unspecified atom stereocenters. The summed E-state index contributed by atoms with van der Waals surface area (Å²) in [5.74, 6) is -0.538. The lowest BCUT2D eigenvalue weighted by Crippen LogP contribution is -2.49. The fourth-order valence-electron chi connectivity index (χ4n) is 3.96. The Bertz CT molecular complexity index is 922. The number of hydrogen-bond acceptors (Lipinski definition) is 4. The van der Waals surface area contributed by atoms with Crippen LogP contribution in [0.4, 0.5) is 14.5 Å². The molecule has 3 rings (SSSR count). The highest BCUT2D eigenvalue weighted by Crippen LogP contribution is 2.37. The highest BCUT2D eigenvalue weighted by molar-refractivity contribution is 5.98. The third-order valence-electron chi connectivity index (χ3n) is 6.05. The molecule has 1 aliphatic carbocycles. The van der Waals surface area contributed by atoms with E-state index in [1.165, 1.54) is 12.1 Å². The zero-order chi connectivity index (χ0) is 22.8. The van der Waals surface area contributed by atoms with Crippen molar-refractivity contribution in [3.8, 4) is 0 Å². The molecule has 31 heavy (non-hydrogen) atoms. The van der Waals surface area contributed by atoms with Crippen molar-refractivity contribution in [2.24, 2.45) is 4.99 Å². The predicted molar refractivity (Wildman–Crippen MR) is 121 cm³/mol. The maximum atomic E-state index is 14.1. The fourth-order valence-corrected chi connectivity index (χ4v) is 3.96. The summed E-state index contributed by atoms with van der Waals surface area (Å²) in [6, 6.07) is 3.60. The van der Waals surface area contributed by atoms with Gasteiger partial charge in [-0.2, -0.15) is 0 Å². The number of benzene rings is 1. The minimum Gasteiger partial charge on any atom is -0.366 e. The predicted octanol–water partition coefficient (Wildman–Crippen LogP) is 4.41. The maximum Gasteiger partial charge on any atom is 0.254 e. The van der Waals surface area contributed by atoms with Crippen molar-refractivity contribution in [1.29, 1.82) is 0 Å². The number of carbonyl (C=O) groups excluding carboxylic acids is 1. The summed E-state index contributed by atoms with van der Waals surface area (Å²) in [5, 5.41) is 3.47. The molecule has 1 saturated heterocycles. The van der Waals surface area contributed by atoms with Gasteiger partial charge < -0.3 is 15.1 Å². The first kappa shape index (κ1) is 23.0. The summed E-state index contributed by atoms with van der Waals surface area (Å²) < 4.78 is 27.4. The van der Waals surface area contributed by atoms with Crippen LogP contribution in [0.15, 0.2) is 45.7 Å². The van der Waals surface area contributed by atoms with Crippen LogP contribution in [0.3, 0.4) is 0 Å². The average molecular weight is 431 g/mol. The number of allylic oxidation sites excluding steroid dienone is 1. The van der Waals surface area contributed by atoms with Crippen LogP contribution in [-0.4, -0.2) is 49.2 Å². The van der Waals surface area contributed by atoms with E-state index >= 15 is 0 Å². The maximum absolute atomic E-state index is 14.1. The molecule has 1 aliphatic heterocycles. The first-order chi connectivity index (χ1) is 14.7. The molecule has 1 heterocycles. The van der Waals surface area contributed by atoms with Gasteiger partial charge in [0.15, 0.2) is 0 Å². The Morgan fingerprint density at radius 2 is 1.84 bits per heavy atom. The van der Waals surface area contributed by atoms with Gasteiger partial charge in [0.25, 0.3) is 5.91 Å². The third kappa shape index (κ3) is 5.14. The number of anilines is 1. The molecule has 7 heteroatoms. The Kier molecular flexibility index (Phi) is 6.82. The van der Waals surface area contributed by atoms with Crippen molar-refractivity contribution >= 4 is 18.3 Å². The Morgan fingerprint density at radius 1 is 1.19 bits per heavy atom. The number of nitrogens with one attached hydrogen (secondary N) is 1. The van der Waals surface area contributed by atoms with Crippen molar-refractivity contribution in [3.05, 3.63) is 52.4 Å². The van der Waals surface area contributed by atoms with Crippen LogP contribution < -0.4 is 10.2 Å². The smallest absolute Gasteiger partial charge is 0.254 e. The standard InChI is InChI=1S/C24H32F2N4O/c1-6-18(22(27-5)28-24(4)9-10-24)21(16(2)3)23(31)30-13-11-29(12-14-30)20-8-7-17(25)15-19(20)26/h7-8,15,28H,5-6,9-14H2,1-4H3/b22-18-. The van der Waals surface area contributed by atoms with Crippen LogP contribution in [0.1, 0.15) is 47.0 Å². The lowest BCUT2D eigenvalue weighted by Gasteiger charge is -2.37. The zero-order valence-electron chi connectivity index (χ0n) is 18.9. The minimum atomic E-state index is -0.595. The summed E-state index contributed by atoms with van der Waals surface area (Å²) in [7, 11) is 0. The number of carbonyl (C=O) groups is 1. The van der Waals surface area contributed by atoms with E-state index in [0.29, 0.717) is 49.7 Å². The average Bonchev–Trinajstić information content (AvgIpc) is 3.47. The Hall–Kier alpha value is -2.70. The Labute approximate surface area is 183 Å². The molecule has 0 radical (unpaired) electrons. The van der Waals surface area contributed by atoms with Crippen LogP contribution in [-0.2, 0) is 4.79 Å². The van der Waals surface area contributed by atoms with Gasteiger partial charge in [-0.25, -0.2) is 13.8 Å². The Balaban J connectivity index is 1.78. The molecule has 5 nitrogen and oxygen atoms in total. The van der Waals surface area contributed by atoms with E-state index in [1.807, 2.05) is 25.7 Å². The largest absolute Gasteiger partial charge is 0.366 e. The topological polar surface area (TPSA) is 47.9 Å². The molecule has 168 valence electrons.